The molecule has 0 radical (unpaired) electrons. The highest BCUT2D eigenvalue weighted by Gasteiger charge is 2.35. The molecule has 4 rings (SSSR count). The van der Waals surface area contributed by atoms with Crippen LogP contribution in [0.25, 0.3) is 11.6 Å². The number of benzene rings is 1. The Labute approximate surface area is 184 Å². The van der Waals surface area contributed by atoms with Crippen LogP contribution in [0.5, 0.6) is 11.5 Å². The number of nitrogens with zero attached hydrogens (tertiary/aromatic N) is 1. The predicted octanol–water partition coefficient (Wildman–Crippen LogP) is 5.15. The average Bonchev–Trinajstić information content (AvgIpc) is 3.13. The second kappa shape index (κ2) is 7.84. The van der Waals surface area contributed by atoms with Gasteiger partial charge in [-0.05, 0) is 72.1 Å². The molecule has 5 nitrogen and oxygen atoms in total. The van der Waals surface area contributed by atoms with Gasteiger partial charge in [0, 0.05) is 18.7 Å². The molecule has 0 atom stereocenters. The SMILES string of the molecule is CC1=C2C=C(C(C)C)C=CC(C)=C2c2cc(O)c(S(=O)(=O)N3CCCC3)c(O)c2C=C1. The quantitative estimate of drug-likeness (QED) is 0.683. The summed E-state index contributed by atoms with van der Waals surface area (Å²) in [6.45, 7) is 9.07. The molecule has 1 heterocycles. The monoisotopic (exact) mass is 439 g/mol. The Hall–Kier alpha value is -2.57. The third kappa shape index (κ3) is 3.58. The number of rotatable bonds is 3. The van der Waals surface area contributed by atoms with Gasteiger partial charge in [-0.2, -0.15) is 4.31 Å². The first-order valence-corrected chi connectivity index (χ1v) is 12.2. The van der Waals surface area contributed by atoms with Crippen LogP contribution in [0.4, 0.5) is 0 Å². The minimum absolute atomic E-state index is 0.338. The zero-order valence-corrected chi connectivity index (χ0v) is 19.3. The van der Waals surface area contributed by atoms with Gasteiger partial charge in [0.2, 0.25) is 10.0 Å². The summed E-state index contributed by atoms with van der Waals surface area (Å²) in [7, 11) is -3.99. The normalized spacial score (nSPS) is 19.5. The zero-order valence-electron chi connectivity index (χ0n) is 18.4. The lowest BCUT2D eigenvalue weighted by atomic mass is 9.89. The van der Waals surface area contributed by atoms with Gasteiger partial charge in [0.25, 0.3) is 0 Å². The summed E-state index contributed by atoms with van der Waals surface area (Å²) >= 11 is 0. The van der Waals surface area contributed by atoms with Gasteiger partial charge < -0.3 is 10.2 Å². The zero-order chi connectivity index (χ0) is 22.5. The topological polar surface area (TPSA) is 77.8 Å². The molecule has 3 aliphatic rings. The number of hydrogen-bond acceptors (Lipinski definition) is 4. The summed E-state index contributed by atoms with van der Waals surface area (Å²) in [5, 5.41) is 21.9. The number of phenols is 2. The Morgan fingerprint density at radius 1 is 0.968 bits per heavy atom. The second-order valence-corrected chi connectivity index (χ2v) is 10.6. The lowest BCUT2D eigenvalue weighted by molar-refractivity contribution is 0.411. The number of aromatic hydroxyl groups is 2. The molecule has 0 aromatic heterocycles. The lowest BCUT2D eigenvalue weighted by Crippen LogP contribution is -2.28. The lowest BCUT2D eigenvalue weighted by Gasteiger charge is -2.21. The molecule has 0 unspecified atom stereocenters. The molecule has 0 spiro atoms. The fourth-order valence-corrected chi connectivity index (χ4v) is 6.14. The Balaban J connectivity index is 1.97. The maximum Gasteiger partial charge on any atom is 0.250 e. The van der Waals surface area contributed by atoms with Crippen molar-refractivity contribution in [3.63, 3.8) is 0 Å². The van der Waals surface area contributed by atoms with Crippen molar-refractivity contribution in [3.8, 4) is 11.5 Å². The first-order chi connectivity index (χ1) is 14.6. The molecule has 6 heteroatoms. The maximum atomic E-state index is 13.2. The van der Waals surface area contributed by atoms with E-state index in [9.17, 15) is 18.6 Å². The summed E-state index contributed by atoms with van der Waals surface area (Å²) in [6, 6.07) is 1.49. The number of sulfonamides is 1. The number of allylic oxidation sites excluding steroid dienone is 9. The number of hydrogen-bond donors (Lipinski definition) is 2. The molecular weight excluding hydrogens is 410 g/mol. The van der Waals surface area contributed by atoms with Crippen molar-refractivity contribution < 1.29 is 18.6 Å². The van der Waals surface area contributed by atoms with Crippen molar-refractivity contribution in [3.05, 3.63) is 63.8 Å². The van der Waals surface area contributed by atoms with Crippen LogP contribution in [0.15, 0.2) is 57.6 Å². The second-order valence-electron chi connectivity index (χ2n) is 8.77. The number of phenolic OH excluding ortho intramolecular Hbond substituents is 2. The van der Waals surface area contributed by atoms with E-state index in [1.165, 1.54) is 15.9 Å². The standard InChI is InChI=1S/C25H29NO4S/c1-15(2)18-9-7-17(4)23-20(13-18)16(3)8-10-19-21(23)14-22(27)25(24(19)28)31(29,30)26-11-5-6-12-26/h7-10,13-15,27-28H,5-6,11-12H2,1-4H3. The maximum absolute atomic E-state index is 13.2. The highest BCUT2D eigenvalue weighted by atomic mass is 32.2. The molecule has 1 aromatic carbocycles. The van der Waals surface area contributed by atoms with Gasteiger partial charge in [-0.25, -0.2) is 8.42 Å². The van der Waals surface area contributed by atoms with Gasteiger partial charge in [0.15, 0.2) is 4.90 Å². The Kier molecular flexibility index (Phi) is 5.48. The van der Waals surface area contributed by atoms with Crippen LogP contribution in [0.3, 0.4) is 0 Å². The number of fused-ring (bicyclic) bond motifs is 3. The fourth-order valence-electron chi connectivity index (χ4n) is 4.47. The molecule has 1 fully saturated rings. The molecule has 2 N–H and O–H groups in total. The minimum Gasteiger partial charge on any atom is -0.506 e. The van der Waals surface area contributed by atoms with Crippen molar-refractivity contribution in [1.82, 2.24) is 4.31 Å². The van der Waals surface area contributed by atoms with Crippen LogP contribution in [-0.2, 0) is 10.0 Å². The minimum atomic E-state index is -3.99. The molecule has 0 bridgehead atoms. The molecular formula is C25H29NO4S. The smallest absolute Gasteiger partial charge is 0.250 e. The molecule has 1 aromatic rings. The van der Waals surface area contributed by atoms with E-state index < -0.39 is 26.4 Å². The van der Waals surface area contributed by atoms with Gasteiger partial charge in [-0.15, -0.1) is 0 Å². The average molecular weight is 440 g/mol. The molecule has 0 amide bonds. The van der Waals surface area contributed by atoms with Crippen LogP contribution in [0.1, 0.15) is 51.7 Å². The summed E-state index contributed by atoms with van der Waals surface area (Å²) in [4.78, 5) is -0.403. The largest absolute Gasteiger partial charge is 0.506 e. The van der Waals surface area contributed by atoms with Crippen LogP contribution in [-0.4, -0.2) is 36.0 Å². The van der Waals surface area contributed by atoms with E-state index in [0.29, 0.717) is 30.1 Å². The van der Waals surface area contributed by atoms with Gasteiger partial charge in [0.1, 0.15) is 11.5 Å². The van der Waals surface area contributed by atoms with E-state index in [-0.39, 0.29) is 0 Å². The van der Waals surface area contributed by atoms with E-state index >= 15 is 0 Å². The summed E-state index contributed by atoms with van der Waals surface area (Å²) < 4.78 is 27.7. The summed E-state index contributed by atoms with van der Waals surface area (Å²) in [5.41, 5.74) is 6.11. The molecule has 1 saturated heterocycles. The van der Waals surface area contributed by atoms with Crippen molar-refractivity contribution in [2.24, 2.45) is 5.92 Å². The van der Waals surface area contributed by atoms with Crippen LogP contribution in [0.2, 0.25) is 0 Å². The van der Waals surface area contributed by atoms with E-state index in [1.54, 1.807) is 6.08 Å². The van der Waals surface area contributed by atoms with E-state index in [4.69, 9.17) is 0 Å². The Bertz CT molecular complexity index is 1200. The predicted molar refractivity (Wildman–Crippen MR) is 124 cm³/mol. The Morgan fingerprint density at radius 2 is 1.61 bits per heavy atom. The molecule has 0 saturated carbocycles. The molecule has 2 aliphatic carbocycles. The third-order valence-electron chi connectivity index (χ3n) is 6.30. The van der Waals surface area contributed by atoms with Crippen LogP contribution < -0.4 is 0 Å². The first-order valence-electron chi connectivity index (χ1n) is 10.7. The van der Waals surface area contributed by atoms with Crippen LogP contribution in [0, 0.1) is 5.92 Å². The summed E-state index contributed by atoms with van der Waals surface area (Å²) in [5.74, 6) is -0.476. The Morgan fingerprint density at radius 3 is 2.26 bits per heavy atom. The molecule has 1 aliphatic heterocycles. The highest BCUT2D eigenvalue weighted by molar-refractivity contribution is 7.89. The molecule has 31 heavy (non-hydrogen) atoms. The van der Waals surface area contributed by atoms with Gasteiger partial charge >= 0.3 is 0 Å². The van der Waals surface area contributed by atoms with Crippen molar-refractivity contribution >= 4 is 21.7 Å². The van der Waals surface area contributed by atoms with Crippen molar-refractivity contribution in [2.75, 3.05) is 13.1 Å². The van der Waals surface area contributed by atoms with Gasteiger partial charge in [-0.3, -0.25) is 0 Å². The van der Waals surface area contributed by atoms with Crippen molar-refractivity contribution in [2.45, 2.75) is 45.4 Å². The molecule has 164 valence electrons. The van der Waals surface area contributed by atoms with Crippen LogP contribution >= 0.6 is 0 Å². The highest BCUT2D eigenvalue weighted by Crippen LogP contribution is 2.47. The van der Waals surface area contributed by atoms with Gasteiger partial charge in [-0.1, -0.05) is 44.2 Å². The van der Waals surface area contributed by atoms with E-state index in [2.05, 4.69) is 26.0 Å². The van der Waals surface area contributed by atoms with E-state index in [0.717, 1.165) is 35.1 Å². The van der Waals surface area contributed by atoms with E-state index in [1.807, 2.05) is 26.0 Å². The van der Waals surface area contributed by atoms with Crippen molar-refractivity contribution in [1.29, 1.82) is 0 Å². The first kappa shape index (κ1) is 21.7. The fraction of sp³-hybridized carbons (Fsp3) is 0.360. The third-order valence-corrected chi connectivity index (χ3v) is 8.26. The van der Waals surface area contributed by atoms with Gasteiger partial charge in [0.05, 0.1) is 0 Å². The summed E-state index contributed by atoms with van der Waals surface area (Å²) in [6.07, 6.45) is 11.5.